The van der Waals surface area contributed by atoms with Crippen molar-refractivity contribution < 1.29 is 0 Å². The van der Waals surface area contributed by atoms with Crippen molar-refractivity contribution in [1.29, 1.82) is 0 Å². The third-order valence-corrected chi connectivity index (χ3v) is 4.96. The van der Waals surface area contributed by atoms with Crippen LogP contribution in [0.5, 0.6) is 0 Å². The molecule has 0 spiro atoms. The maximum atomic E-state index is 5.66. The van der Waals surface area contributed by atoms with Gasteiger partial charge in [0.05, 0.1) is 0 Å². The van der Waals surface area contributed by atoms with Gasteiger partial charge < -0.3 is 5.73 Å². The molecule has 1 aromatic carbocycles. The fourth-order valence-corrected chi connectivity index (χ4v) is 3.33. The fraction of sp³-hybridized carbons (Fsp3) is 0.667. The number of hydrogen-bond donors (Lipinski definition) is 1. The van der Waals surface area contributed by atoms with Gasteiger partial charge in [0.25, 0.3) is 0 Å². The molecule has 1 nitrogen and oxygen atoms in total. The minimum absolute atomic E-state index is 0.315. The van der Waals surface area contributed by atoms with Crippen molar-refractivity contribution in [2.75, 3.05) is 6.54 Å². The second kappa shape index (κ2) is 4.94. The van der Waals surface area contributed by atoms with Crippen LogP contribution in [0.15, 0.2) is 12.1 Å². The quantitative estimate of drug-likeness (QED) is 0.863. The molecule has 19 heavy (non-hydrogen) atoms. The van der Waals surface area contributed by atoms with Crippen LogP contribution in [-0.2, 0) is 17.3 Å². The first-order valence-electron chi connectivity index (χ1n) is 7.62. The molecule has 0 aromatic heterocycles. The van der Waals surface area contributed by atoms with Gasteiger partial charge in [0, 0.05) is 0 Å². The van der Waals surface area contributed by atoms with E-state index in [1.54, 1.807) is 11.1 Å². The van der Waals surface area contributed by atoms with E-state index in [1.807, 2.05) is 0 Å². The Balaban J connectivity index is 2.52. The highest BCUT2D eigenvalue weighted by Crippen LogP contribution is 2.46. The first kappa shape index (κ1) is 14.6. The minimum Gasteiger partial charge on any atom is -0.330 e. The average Bonchev–Trinajstić information content (AvgIpc) is 2.33. The fourth-order valence-electron chi connectivity index (χ4n) is 3.33. The van der Waals surface area contributed by atoms with E-state index in [0.717, 1.165) is 19.4 Å². The van der Waals surface area contributed by atoms with Crippen molar-refractivity contribution in [3.8, 4) is 0 Å². The third-order valence-electron chi connectivity index (χ3n) is 4.96. The molecule has 0 amide bonds. The summed E-state index contributed by atoms with van der Waals surface area (Å²) in [5.41, 5.74) is 12.4. The SMILES string of the molecule is Cc1cc2c(cc1CCCN)C(C)(C)CCC2(C)C. The molecule has 0 unspecified atom stereocenters. The largest absolute Gasteiger partial charge is 0.330 e. The zero-order valence-corrected chi connectivity index (χ0v) is 13.3. The Hall–Kier alpha value is -0.820. The van der Waals surface area contributed by atoms with Crippen LogP contribution < -0.4 is 5.73 Å². The normalized spacial score (nSPS) is 20.1. The maximum Gasteiger partial charge on any atom is -0.00741 e. The van der Waals surface area contributed by atoms with Gasteiger partial charge in [-0.1, -0.05) is 39.8 Å². The Labute approximate surface area is 118 Å². The van der Waals surface area contributed by atoms with Gasteiger partial charge in [-0.15, -0.1) is 0 Å². The summed E-state index contributed by atoms with van der Waals surface area (Å²) in [5.74, 6) is 0. The summed E-state index contributed by atoms with van der Waals surface area (Å²) in [7, 11) is 0. The first-order chi connectivity index (χ1) is 8.78. The molecule has 106 valence electrons. The average molecular weight is 259 g/mol. The Morgan fingerprint density at radius 2 is 1.53 bits per heavy atom. The van der Waals surface area contributed by atoms with Crippen molar-refractivity contribution in [2.45, 2.75) is 71.1 Å². The maximum absolute atomic E-state index is 5.66. The molecule has 0 radical (unpaired) electrons. The molecule has 0 bridgehead atoms. The van der Waals surface area contributed by atoms with Crippen LogP contribution in [0, 0.1) is 6.92 Å². The molecule has 0 saturated carbocycles. The second-order valence-electron chi connectivity index (χ2n) is 7.48. The van der Waals surface area contributed by atoms with E-state index < -0.39 is 0 Å². The standard InChI is InChI=1S/C18H29N/c1-13-11-15-16(12-14(13)7-6-10-19)18(4,5)9-8-17(15,2)3/h11-12H,6-10,19H2,1-5H3. The van der Waals surface area contributed by atoms with Crippen LogP contribution in [0.4, 0.5) is 0 Å². The van der Waals surface area contributed by atoms with Gasteiger partial charge in [0.1, 0.15) is 0 Å². The van der Waals surface area contributed by atoms with E-state index in [-0.39, 0.29) is 0 Å². The summed E-state index contributed by atoms with van der Waals surface area (Å²) < 4.78 is 0. The molecule has 2 rings (SSSR count). The Bertz CT molecular complexity index is 469. The molecule has 0 fully saturated rings. The summed E-state index contributed by atoms with van der Waals surface area (Å²) in [6.45, 7) is 12.6. The van der Waals surface area contributed by atoms with Gasteiger partial charge in [0.15, 0.2) is 0 Å². The van der Waals surface area contributed by atoms with E-state index in [2.05, 4.69) is 46.8 Å². The summed E-state index contributed by atoms with van der Waals surface area (Å²) in [6, 6.07) is 4.92. The van der Waals surface area contributed by atoms with Crippen LogP contribution in [0.25, 0.3) is 0 Å². The Morgan fingerprint density at radius 3 is 2.05 bits per heavy atom. The van der Waals surface area contributed by atoms with Crippen LogP contribution in [0.1, 0.15) is 69.2 Å². The van der Waals surface area contributed by atoms with Gasteiger partial charge in [0.2, 0.25) is 0 Å². The second-order valence-corrected chi connectivity index (χ2v) is 7.48. The zero-order valence-electron chi connectivity index (χ0n) is 13.3. The van der Waals surface area contributed by atoms with Crippen LogP contribution in [0.3, 0.4) is 0 Å². The number of nitrogens with two attached hydrogens (primary N) is 1. The van der Waals surface area contributed by atoms with Gasteiger partial charge in [-0.3, -0.25) is 0 Å². The lowest BCUT2D eigenvalue weighted by Gasteiger charge is -2.42. The summed E-state index contributed by atoms with van der Waals surface area (Å²) in [6.07, 6.45) is 4.77. The summed E-state index contributed by atoms with van der Waals surface area (Å²) in [4.78, 5) is 0. The molecule has 0 aliphatic heterocycles. The number of fused-ring (bicyclic) bond motifs is 1. The predicted molar refractivity (Wildman–Crippen MR) is 83.8 cm³/mol. The smallest absolute Gasteiger partial charge is 0.00741 e. The molecule has 2 N–H and O–H groups in total. The number of aryl methyl sites for hydroxylation is 2. The van der Waals surface area contributed by atoms with Crippen LogP contribution in [-0.4, -0.2) is 6.54 Å². The van der Waals surface area contributed by atoms with Crippen molar-refractivity contribution in [2.24, 2.45) is 5.73 Å². The Kier molecular flexibility index (Phi) is 3.79. The monoisotopic (exact) mass is 259 g/mol. The number of rotatable bonds is 3. The van der Waals surface area contributed by atoms with E-state index >= 15 is 0 Å². The molecule has 0 atom stereocenters. The summed E-state index contributed by atoms with van der Waals surface area (Å²) in [5, 5.41) is 0. The van der Waals surface area contributed by atoms with Gasteiger partial charge >= 0.3 is 0 Å². The highest BCUT2D eigenvalue weighted by Gasteiger charge is 2.37. The zero-order chi connectivity index (χ0) is 14.3. The van der Waals surface area contributed by atoms with E-state index in [1.165, 1.54) is 24.0 Å². The highest BCUT2D eigenvalue weighted by molar-refractivity contribution is 5.46. The first-order valence-corrected chi connectivity index (χ1v) is 7.62. The Morgan fingerprint density at radius 1 is 1.00 bits per heavy atom. The van der Waals surface area contributed by atoms with Crippen LogP contribution >= 0.6 is 0 Å². The van der Waals surface area contributed by atoms with E-state index in [0.29, 0.717) is 10.8 Å². The molecule has 0 saturated heterocycles. The van der Waals surface area contributed by atoms with Gasteiger partial charge in [-0.2, -0.15) is 0 Å². The lowest BCUT2D eigenvalue weighted by molar-refractivity contribution is 0.331. The predicted octanol–water partition coefficient (Wildman–Crippen LogP) is 4.24. The highest BCUT2D eigenvalue weighted by atomic mass is 14.5. The number of hydrogen-bond acceptors (Lipinski definition) is 1. The van der Waals surface area contributed by atoms with Crippen molar-refractivity contribution in [3.05, 3.63) is 34.4 Å². The molecule has 1 aliphatic rings. The van der Waals surface area contributed by atoms with Gasteiger partial charge in [-0.25, -0.2) is 0 Å². The lowest BCUT2D eigenvalue weighted by Crippen LogP contribution is -2.34. The molecule has 0 heterocycles. The summed E-state index contributed by atoms with van der Waals surface area (Å²) >= 11 is 0. The molecule has 1 heteroatoms. The molecule has 1 aromatic rings. The molecular formula is C18H29N. The third kappa shape index (κ3) is 2.72. The van der Waals surface area contributed by atoms with Crippen molar-refractivity contribution >= 4 is 0 Å². The van der Waals surface area contributed by atoms with Gasteiger partial charge in [-0.05, 0) is 72.2 Å². The van der Waals surface area contributed by atoms with Crippen molar-refractivity contribution in [3.63, 3.8) is 0 Å². The van der Waals surface area contributed by atoms with E-state index in [4.69, 9.17) is 5.73 Å². The topological polar surface area (TPSA) is 26.0 Å². The molecule has 1 aliphatic carbocycles. The number of benzene rings is 1. The lowest BCUT2D eigenvalue weighted by atomic mass is 9.62. The minimum atomic E-state index is 0.315. The molecular weight excluding hydrogens is 230 g/mol. The van der Waals surface area contributed by atoms with Crippen LogP contribution in [0.2, 0.25) is 0 Å². The van der Waals surface area contributed by atoms with E-state index in [9.17, 15) is 0 Å². The van der Waals surface area contributed by atoms with Crippen molar-refractivity contribution in [1.82, 2.24) is 0 Å².